The number of guanidine groups is 1. The third-order valence-electron chi connectivity index (χ3n) is 4.43. The second-order valence-corrected chi connectivity index (χ2v) is 6.52. The molecule has 3 N–H and O–H groups in total. The fraction of sp³-hybridized carbons (Fsp3) is 0.611. The average Bonchev–Trinajstić information content (AvgIpc) is 2.62. The topological polar surface area (TPSA) is 99.8 Å². The molecule has 0 aliphatic heterocycles. The van der Waals surface area contributed by atoms with Gasteiger partial charge in [0, 0.05) is 24.7 Å². The zero-order valence-corrected chi connectivity index (χ0v) is 17.5. The predicted molar refractivity (Wildman–Crippen MR) is 114 cm³/mol. The SMILES string of the molecule is CCCCNC(=NCc1ccc([N+](=O)[O-])cc1)NC1CCC(O)CC1.I. The lowest BCUT2D eigenvalue weighted by molar-refractivity contribution is -0.384. The number of non-ortho nitro benzene ring substituents is 1. The lowest BCUT2D eigenvalue weighted by atomic mass is 9.93. The molecule has 0 atom stereocenters. The number of nitro groups is 1. The molecule has 146 valence electrons. The fourth-order valence-electron chi connectivity index (χ4n) is 2.84. The number of nitrogens with one attached hydrogen (secondary N) is 2. The summed E-state index contributed by atoms with van der Waals surface area (Å²) in [6, 6.07) is 6.81. The van der Waals surface area contributed by atoms with Crippen LogP contribution in [0.2, 0.25) is 0 Å². The summed E-state index contributed by atoms with van der Waals surface area (Å²) in [6.07, 6.45) is 5.52. The molecular weight excluding hydrogens is 447 g/mol. The Balaban J connectivity index is 0.00000338. The number of hydrogen-bond acceptors (Lipinski definition) is 4. The van der Waals surface area contributed by atoms with E-state index < -0.39 is 4.92 Å². The van der Waals surface area contributed by atoms with Crippen molar-refractivity contribution in [2.45, 2.75) is 64.1 Å². The predicted octanol–water partition coefficient (Wildman–Crippen LogP) is 3.35. The summed E-state index contributed by atoms with van der Waals surface area (Å²) in [5, 5.41) is 27.1. The molecule has 0 amide bonds. The Kier molecular flexibility index (Phi) is 10.5. The van der Waals surface area contributed by atoms with Crippen LogP contribution in [0.15, 0.2) is 29.3 Å². The molecule has 0 spiro atoms. The number of nitro benzene ring substituents is 1. The van der Waals surface area contributed by atoms with Crippen LogP contribution in [0, 0.1) is 10.1 Å². The first-order chi connectivity index (χ1) is 12.1. The molecule has 1 aromatic carbocycles. The van der Waals surface area contributed by atoms with E-state index in [-0.39, 0.29) is 35.8 Å². The van der Waals surface area contributed by atoms with Crippen molar-refractivity contribution in [2.75, 3.05) is 6.54 Å². The van der Waals surface area contributed by atoms with Gasteiger partial charge in [-0.1, -0.05) is 25.5 Å². The largest absolute Gasteiger partial charge is 0.393 e. The van der Waals surface area contributed by atoms with Crippen molar-refractivity contribution in [3.63, 3.8) is 0 Å². The number of halogens is 1. The van der Waals surface area contributed by atoms with E-state index in [1.165, 1.54) is 12.1 Å². The monoisotopic (exact) mass is 476 g/mol. The molecule has 0 saturated heterocycles. The van der Waals surface area contributed by atoms with Crippen LogP contribution in [0.3, 0.4) is 0 Å². The first-order valence-corrected chi connectivity index (χ1v) is 9.04. The van der Waals surface area contributed by atoms with E-state index in [0.717, 1.165) is 56.6 Å². The van der Waals surface area contributed by atoms with Gasteiger partial charge in [-0.3, -0.25) is 10.1 Å². The zero-order valence-electron chi connectivity index (χ0n) is 15.2. The number of aliphatic imine (C=N–C) groups is 1. The van der Waals surface area contributed by atoms with Crippen LogP contribution in [0.5, 0.6) is 0 Å². The highest BCUT2D eigenvalue weighted by molar-refractivity contribution is 14.0. The van der Waals surface area contributed by atoms with Crippen LogP contribution in [0.4, 0.5) is 5.69 Å². The van der Waals surface area contributed by atoms with Gasteiger partial charge in [0.2, 0.25) is 0 Å². The molecule has 7 nitrogen and oxygen atoms in total. The highest BCUT2D eigenvalue weighted by atomic mass is 127. The van der Waals surface area contributed by atoms with Crippen molar-refractivity contribution in [3.05, 3.63) is 39.9 Å². The Morgan fingerprint density at radius 3 is 2.50 bits per heavy atom. The van der Waals surface area contributed by atoms with Gasteiger partial charge in [-0.25, -0.2) is 4.99 Å². The first-order valence-electron chi connectivity index (χ1n) is 9.04. The highest BCUT2D eigenvalue weighted by Gasteiger charge is 2.20. The summed E-state index contributed by atoms with van der Waals surface area (Å²) in [4.78, 5) is 14.9. The van der Waals surface area contributed by atoms with Crippen molar-refractivity contribution >= 4 is 35.6 Å². The average molecular weight is 476 g/mol. The number of rotatable bonds is 7. The van der Waals surface area contributed by atoms with Gasteiger partial charge in [-0.05, 0) is 37.7 Å². The Morgan fingerprint density at radius 2 is 1.92 bits per heavy atom. The molecule has 1 aliphatic carbocycles. The van der Waals surface area contributed by atoms with Crippen LogP contribution in [-0.2, 0) is 6.54 Å². The molecule has 8 heteroatoms. The zero-order chi connectivity index (χ0) is 18.1. The molecule has 1 aromatic rings. The standard InChI is InChI=1S/C18H28N4O3.HI/c1-2-3-12-19-18(21-15-6-10-17(23)11-7-15)20-13-14-4-8-16(9-5-14)22(24)25;/h4-5,8-9,15,17,23H,2-3,6-7,10-13H2,1H3,(H2,19,20,21);1H. The van der Waals surface area contributed by atoms with Crippen molar-refractivity contribution in [2.24, 2.45) is 4.99 Å². The summed E-state index contributed by atoms with van der Waals surface area (Å²) < 4.78 is 0. The van der Waals surface area contributed by atoms with E-state index in [1.54, 1.807) is 12.1 Å². The molecule has 0 radical (unpaired) electrons. The second kappa shape index (κ2) is 12.1. The van der Waals surface area contributed by atoms with Crippen LogP contribution < -0.4 is 10.6 Å². The van der Waals surface area contributed by atoms with Gasteiger partial charge >= 0.3 is 0 Å². The van der Waals surface area contributed by atoms with Gasteiger partial charge in [0.1, 0.15) is 0 Å². The molecule has 1 fully saturated rings. The maximum atomic E-state index is 10.7. The van der Waals surface area contributed by atoms with Gasteiger partial charge < -0.3 is 15.7 Å². The number of aliphatic hydroxyl groups is 1. The van der Waals surface area contributed by atoms with Crippen molar-refractivity contribution in [1.29, 1.82) is 0 Å². The van der Waals surface area contributed by atoms with Gasteiger partial charge in [0.15, 0.2) is 5.96 Å². The van der Waals surface area contributed by atoms with Crippen LogP contribution in [-0.4, -0.2) is 34.7 Å². The van der Waals surface area contributed by atoms with Gasteiger partial charge in [0.25, 0.3) is 5.69 Å². The second-order valence-electron chi connectivity index (χ2n) is 6.52. The lowest BCUT2D eigenvalue weighted by Crippen LogP contribution is -2.45. The number of benzene rings is 1. The number of nitrogens with zero attached hydrogens (tertiary/aromatic N) is 2. The minimum Gasteiger partial charge on any atom is -0.393 e. The Hall–Kier alpha value is -1.42. The fourth-order valence-corrected chi connectivity index (χ4v) is 2.84. The molecule has 1 saturated carbocycles. The smallest absolute Gasteiger partial charge is 0.269 e. The Labute approximate surface area is 171 Å². The van der Waals surface area contributed by atoms with Crippen LogP contribution >= 0.6 is 24.0 Å². The Morgan fingerprint density at radius 1 is 1.27 bits per heavy atom. The normalized spacial score (nSPS) is 20.2. The van der Waals surface area contributed by atoms with E-state index in [1.807, 2.05) is 0 Å². The molecule has 26 heavy (non-hydrogen) atoms. The number of unbranched alkanes of at least 4 members (excludes halogenated alkanes) is 1. The van der Waals surface area contributed by atoms with Crippen molar-refractivity contribution in [1.82, 2.24) is 10.6 Å². The van der Waals surface area contributed by atoms with E-state index in [9.17, 15) is 15.2 Å². The first kappa shape index (κ1) is 22.6. The van der Waals surface area contributed by atoms with Crippen LogP contribution in [0.25, 0.3) is 0 Å². The summed E-state index contributed by atoms with van der Waals surface area (Å²) in [7, 11) is 0. The van der Waals surface area contributed by atoms with Gasteiger partial charge in [0.05, 0.1) is 17.6 Å². The van der Waals surface area contributed by atoms with E-state index in [4.69, 9.17) is 0 Å². The Bertz CT molecular complexity index is 572. The summed E-state index contributed by atoms with van der Waals surface area (Å²) in [5.74, 6) is 0.771. The quantitative estimate of drug-likeness (QED) is 0.140. The third kappa shape index (κ3) is 7.86. The molecular formula is C18H29IN4O3. The summed E-state index contributed by atoms with van der Waals surface area (Å²) in [6.45, 7) is 3.47. The van der Waals surface area contributed by atoms with E-state index >= 15 is 0 Å². The van der Waals surface area contributed by atoms with E-state index in [0.29, 0.717) is 12.6 Å². The highest BCUT2D eigenvalue weighted by Crippen LogP contribution is 2.18. The van der Waals surface area contributed by atoms with Gasteiger partial charge in [-0.2, -0.15) is 0 Å². The van der Waals surface area contributed by atoms with Gasteiger partial charge in [-0.15, -0.1) is 24.0 Å². The number of hydrogen-bond donors (Lipinski definition) is 3. The maximum Gasteiger partial charge on any atom is 0.269 e. The lowest BCUT2D eigenvalue weighted by Gasteiger charge is -2.27. The molecule has 0 heterocycles. The minimum absolute atomic E-state index is 0. The third-order valence-corrected chi connectivity index (χ3v) is 4.43. The van der Waals surface area contributed by atoms with Crippen molar-refractivity contribution < 1.29 is 10.0 Å². The summed E-state index contributed by atoms with van der Waals surface area (Å²) in [5.41, 5.74) is 1.02. The molecule has 0 bridgehead atoms. The van der Waals surface area contributed by atoms with E-state index in [2.05, 4.69) is 22.5 Å². The van der Waals surface area contributed by atoms with Crippen LogP contribution in [0.1, 0.15) is 51.0 Å². The molecule has 2 rings (SSSR count). The molecule has 0 aromatic heterocycles. The minimum atomic E-state index is -0.399. The number of aliphatic hydroxyl groups excluding tert-OH is 1. The maximum absolute atomic E-state index is 10.7. The summed E-state index contributed by atoms with van der Waals surface area (Å²) >= 11 is 0. The molecule has 0 unspecified atom stereocenters. The molecule has 1 aliphatic rings. The van der Waals surface area contributed by atoms with Crippen molar-refractivity contribution in [3.8, 4) is 0 Å².